The number of hydrogen-bond acceptors (Lipinski definition) is 6. The van der Waals surface area contributed by atoms with Crippen molar-refractivity contribution >= 4 is 11.6 Å². The van der Waals surface area contributed by atoms with Crippen LogP contribution in [0.3, 0.4) is 0 Å². The maximum absolute atomic E-state index is 13.2. The molecule has 0 fully saturated rings. The largest absolute Gasteiger partial charge is 0.497 e. The van der Waals surface area contributed by atoms with Crippen molar-refractivity contribution < 1.29 is 19.0 Å². The van der Waals surface area contributed by atoms with E-state index in [-0.39, 0.29) is 5.91 Å². The molecule has 0 aliphatic carbocycles. The standard InChI is InChI=1S/C23H23N3O4/c1-28-16-8-6-15(7-9-16)14-26-22(21-18(23(26)27)5-4-12-24-21)25-19-13-17(29-2)10-11-20(19)30-3/h4-13,22,25H,14H2,1-3H3. The van der Waals surface area contributed by atoms with Crippen molar-refractivity contribution in [2.75, 3.05) is 26.6 Å². The number of nitrogens with one attached hydrogen (secondary N) is 1. The summed E-state index contributed by atoms with van der Waals surface area (Å²) in [6.45, 7) is 0.420. The molecular formula is C23H23N3O4. The minimum atomic E-state index is -0.447. The van der Waals surface area contributed by atoms with Gasteiger partial charge in [-0.2, -0.15) is 0 Å². The molecule has 0 bridgehead atoms. The van der Waals surface area contributed by atoms with Crippen LogP contribution in [0.4, 0.5) is 5.69 Å². The van der Waals surface area contributed by atoms with Crippen molar-refractivity contribution in [1.29, 1.82) is 0 Å². The molecule has 0 saturated carbocycles. The van der Waals surface area contributed by atoms with Gasteiger partial charge in [0.1, 0.15) is 23.4 Å². The summed E-state index contributed by atoms with van der Waals surface area (Å²) in [5.74, 6) is 2.03. The van der Waals surface area contributed by atoms with E-state index < -0.39 is 6.17 Å². The molecule has 7 heteroatoms. The Balaban J connectivity index is 1.69. The van der Waals surface area contributed by atoms with Crippen molar-refractivity contribution in [3.63, 3.8) is 0 Å². The number of amides is 1. The van der Waals surface area contributed by atoms with Crippen molar-refractivity contribution in [1.82, 2.24) is 9.88 Å². The van der Waals surface area contributed by atoms with E-state index in [1.807, 2.05) is 42.5 Å². The molecule has 154 valence electrons. The van der Waals surface area contributed by atoms with Crippen molar-refractivity contribution in [2.24, 2.45) is 0 Å². The third-order valence-corrected chi connectivity index (χ3v) is 5.11. The average Bonchev–Trinajstić information content (AvgIpc) is 3.05. The Morgan fingerprint density at radius 2 is 1.70 bits per heavy atom. The van der Waals surface area contributed by atoms with Gasteiger partial charge in [-0.15, -0.1) is 0 Å². The summed E-state index contributed by atoms with van der Waals surface area (Å²) in [6, 6.07) is 16.7. The number of fused-ring (bicyclic) bond motifs is 1. The van der Waals surface area contributed by atoms with E-state index in [0.717, 1.165) is 11.3 Å². The average molecular weight is 405 g/mol. The first-order chi connectivity index (χ1) is 14.6. The van der Waals surface area contributed by atoms with Crippen LogP contribution in [0.5, 0.6) is 17.2 Å². The monoisotopic (exact) mass is 405 g/mol. The van der Waals surface area contributed by atoms with Crippen LogP contribution in [-0.4, -0.2) is 37.1 Å². The van der Waals surface area contributed by atoms with Crippen LogP contribution in [-0.2, 0) is 6.54 Å². The Labute approximate surface area is 175 Å². The second kappa shape index (κ2) is 8.32. The van der Waals surface area contributed by atoms with Crippen LogP contribution in [0, 0.1) is 0 Å². The Bertz CT molecular complexity index is 1050. The smallest absolute Gasteiger partial charge is 0.258 e. The van der Waals surface area contributed by atoms with Crippen molar-refractivity contribution in [3.8, 4) is 17.2 Å². The Hall–Kier alpha value is -3.74. The van der Waals surface area contributed by atoms with Crippen LogP contribution >= 0.6 is 0 Å². The van der Waals surface area contributed by atoms with E-state index in [4.69, 9.17) is 14.2 Å². The number of aromatic nitrogens is 1. The molecule has 1 atom stereocenters. The summed E-state index contributed by atoms with van der Waals surface area (Å²) in [7, 11) is 4.84. The van der Waals surface area contributed by atoms with Gasteiger partial charge in [0, 0.05) is 18.8 Å². The van der Waals surface area contributed by atoms with E-state index in [0.29, 0.717) is 35.0 Å². The van der Waals surface area contributed by atoms with Crippen LogP contribution in [0.1, 0.15) is 27.8 Å². The fourth-order valence-corrected chi connectivity index (χ4v) is 3.55. The minimum absolute atomic E-state index is 0.0757. The van der Waals surface area contributed by atoms with Crippen LogP contribution in [0.15, 0.2) is 60.8 Å². The molecule has 0 saturated heterocycles. The number of carbonyl (C=O) groups excluding carboxylic acids is 1. The predicted molar refractivity (Wildman–Crippen MR) is 113 cm³/mol. The van der Waals surface area contributed by atoms with Gasteiger partial charge < -0.3 is 24.4 Å². The molecule has 2 heterocycles. The lowest BCUT2D eigenvalue weighted by molar-refractivity contribution is 0.0727. The molecular weight excluding hydrogens is 382 g/mol. The normalized spacial score (nSPS) is 15.0. The number of pyridine rings is 1. The number of nitrogens with zero attached hydrogens (tertiary/aromatic N) is 2. The molecule has 1 N–H and O–H groups in total. The highest BCUT2D eigenvalue weighted by atomic mass is 16.5. The second-order valence-corrected chi connectivity index (χ2v) is 6.83. The number of hydrogen-bond donors (Lipinski definition) is 1. The van der Waals surface area contributed by atoms with Gasteiger partial charge in [-0.05, 0) is 42.0 Å². The molecule has 4 rings (SSSR count). The van der Waals surface area contributed by atoms with Gasteiger partial charge in [-0.3, -0.25) is 9.78 Å². The number of ether oxygens (including phenoxy) is 3. The minimum Gasteiger partial charge on any atom is -0.497 e. The van der Waals surface area contributed by atoms with E-state index in [1.54, 1.807) is 44.6 Å². The Morgan fingerprint density at radius 3 is 2.40 bits per heavy atom. The molecule has 7 nitrogen and oxygen atoms in total. The summed E-state index contributed by atoms with van der Waals surface area (Å²) in [4.78, 5) is 19.4. The van der Waals surface area contributed by atoms with Crippen molar-refractivity contribution in [2.45, 2.75) is 12.7 Å². The zero-order valence-electron chi connectivity index (χ0n) is 17.1. The van der Waals surface area contributed by atoms with Gasteiger partial charge in [0.2, 0.25) is 0 Å². The summed E-state index contributed by atoms with van der Waals surface area (Å²) in [5.41, 5.74) is 2.97. The Morgan fingerprint density at radius 1 is 0.967 bits per heavy atom. The first kappa shape index (κ1) is 19.6. The first-order valence-corrected chi connectivity index (χ1v) is 9.52. The molecule has 30 heavy (non-hydrogen) atoms. The van der Waals surface area contributed by atoms with Crippen LogP contribution < -0.4 is 19.5 Å². The third-order valence-electron chi connectivity index (χ3n) is 5.11. The van der Waals surface area contributed by atoms with Crippen LogP contribution in [0.25, 0.3) is 0 Å². The number of carbonyl (C=O) groups is 1. The Kier molecular flexibility index (Phi) is 5.43. The van der Waals surface area contributed by atoms with E-state index >= 15 is 0 Å². The lowest BCUT2D eigenvalue weighted by Crippen LogP contribution is -2.32. The van der Waals surface area contributed by atoms with Crippen LogP contribution in [0.2, 0.25) is 0 Å². The second-order valence-electron chi connectivity index (χ2n) is 6.83. The zero-order valence-corrected chi connectivity index (χ0v) is 17.1. The van der Waals surface area contributed by atoms with Gasteiger partial charge in [-0.1, -0.05) is 12.1 Å². The van der Waals surface area contributed by atoms with Gasteiger partial charge in [-0.25, -0.2) is 0 Å². The highest BCUT2D eigenvalue weighted by Gasteiger charge is 2.38. The summed E-state index contributed by atoms with van der Waals surface area (Å²) in [6.07, 6.45) is 1.25. The molecule has 1 aromatic heterocycles. The van der Waals surface area contributed by atoms with Gasteiger partial charge in [0.15, 0.2) is 0 Å². The number of anilines is 1. The molecule has 3 aromatic rings. The molecule has 1 amide bonds. The van der Waals surface area contributed by atoms with E-state index in [2.05, 4.69) is 10.3 Å². The molecule has 1 aliphatic heterocycles. The molecule has 0 spiro atoms. The molecule has 2 aromatic carbocycles. The number of rotatable bonds is 7. The lowest BCUT2D eigenvalue weighted by Gasteiger charge is -2.27. The highest BCUT2D eigenvalue weighted by Crippen LogP contribution is 2.38. The quantitative estimate of drug-likeness (QED) is 0.643. The number of benzene rings is 2. The van der Waals surface area contributed by atoms with E-state index in [1.165, 1.54) is 0 Å². The summed E-state index contributed by atoms with van der Waals surface area (Å²) >= 11 is 0. The fraction of sp³-hybridized carbons (Fsp3) is 0.217. The molecule has 0 radical (unpaired) electrons. The SMILES string of the molecule is COc1ccc(CN2C(=O)c3cccnc3C2Nc2cc(OC)ccc2OC)cc1. The maximum atomic E-state index is 13.2. The maximum Gasteiger partial charge on any atom is 0.258 e. The molecule has 1 aliphatic rings. The highest BCUT2D eigenvalue weighted by molar-refractivity contribution is 5.99. The zero-order chi connectivity index (χ0) is 21.1. The van der Waals surface area contributed by atoms with Gasteiger partial charge in [0.25, 0.3) is 5.91 Å². The first-order valence-electron chi connectivity index (χ1n) is 9.52. The van der Waals surface area contributed by atoms with E-state index in [9.17, 15) is 4.79 Å². The summed E-state index contributed by atoms with van der Waals surface area (Å²) < 4.78 is 16.1. The molecule has 1 unspecified atom stereocenters. The topological polar surface area (TPSA) is 72.9 Å². The lowest BCUT2D eigenvalue weighted by atomic mass is 10.2. The van der Waals surface area contributed by atoms with Gasteiger partial charge in [0.05, 0.1) is 38.3 Å². The predicted octanol–water partition coefficient (Wildman–Crippen LogP) is 3.87. The third kappa shape index (κ3) is 3.61. The summed E-state index contributed by atoms with van der Waals surface area (Å²) in [5, 5.41) is 3.43. The fourth-order valence-electron chi connectivity index (χ4n) is 3.55. The number of methoxy groups -OCH3 is 3. The van der Waals surface area contributed by atoms with Crippen molar-refractivity contribution in [3.05, 3.63) is 77.6 Å². The van der Waals surface area contributed by atoms with Gasteiger partial charge >= 0.3 is 0 Å².